The van der Waals surface area contributed by atoms with Gasteiger partial charge in [-0.1, -0.05) is 39.8 Å². The van der Waals surface area contributed by atoms with Gasteiger partial charge in [0.15, 0.2) is 0 Å². The molecule has 3 fully saturated rings. The van der Waals surface area contributed by atoms with Crippen molar-refractivity contribution in [2.24, 2.45) is 23.2 Å². The van der Waals surface area contributed by atoms with E-state index in [1.807, 2.05) is 4.90 Å². The van der Waals surface area contributed by atoms with Crippen LogP contribution >= 0.6 is 11.8 Å². The van der Waals surface area contributed by atoms with Crippen LogP contribution in [0.25, 0.3) is 0 Å². The molecular formula is C29H46N2O5S. The van der Waals surface area contributed by atoms with Crippen molar-refractivity contribution in [2.45, 2.75) is 88.8 Å². The van der Waals surface area contributed by atoms with E-state index in [1.165, 1.54) is 0 Å². The van der Waals surface area contributed by atoms with Gasteiger partial charge in [0.05, 0.1) is 23.2 Å². The molecule has 1 N–H and O–H groups in total. The molecule has 0 saturated carbocycles. The number of aliphatic hydroxyl groups excluding tert-OH is 1. The Bertz CT molecular complexity index is 912. The Balaban J connectivity index is 2.06. The minimum atomic E-state index is -0.702. The lowest BCUT2D eigenvalue weighted by molar-refractivity contribution is -0.154. The zero-order valence-corrected chi connectivity index (χ0v) is 24.3. The molecule has 3 aliphatic heterocycles. The predicted molar refractivity (Wildman–Crippen MR) is 148 cm³/mol. The molecule has 37 heavy (non-hydrogen) atoms. The average Bonchev–Trinajstić information content (AvgIpc) is 3.37. The van der Waals surface area contributed by atoms with Crippen molar-refractivity contribution < 1.29 is 24.2 Å². The fraction of sp³-hybridized carbons (Fsp3) is 0.759. The van der Waals surface area contributed by atoms with E-state index in [9.17, 15) is 19.5 Å². The lowest BCUT2D eigenvalue weighted by Crippen LogP contribution is -2.61. The lowest BCUT2D eigenvalue weighted by atomic mass is 9.66. The van der Waals surface area contributed by atoms with Gasteiger partial charge in [0.2, 0.25) is 11.8 Å². The number of aliphatic hydroxyl groups is 1. The number of rotatable bonds is 12. The van der Waals surface area contributed by atoms with Crippen molar-refractivity contribution >= 4 is 29.5 Å². The van der Waals surface area contributed by atoms with Crippen LogP contribution in [0.4, 0.5) is 0 Å². The Morgan fingerprint density at radius 3 is 2.49 bits per heavy atom. The van der Waals surface area contributed by atoms with E-state index in [2.05, 4.69) is 54.7 Å². The smallest absolute Gasteiger partial charge is 0.310 e. The summed E-state index contributed by atoms with van der Waals surface area (Å²) in [6, 6.07) is -0.702. The Labute approximate surface area is 227 Å². The van der Waals surface area contributed by atoms with E-state index in [1.54, 1.807) is 28.8 Å². The quantitative estimate of drug-likeness (QED) is 0.231. The third-order valence-corrected chi connectivity index (χ3v) is 10.2. The van der Waals surface area contributed by atoms with Crippen LogP contribution in [0.5, 0.6) is 0 Å². The van der Waals surface area contributed by atoms with E-state index in [-0.39, 0.29) is 54.1 Å². The van der Waals surface area contributed by atoms with Crippen LogP contribution in [-0.4, -0.2) is 80.6 Å². The van der Waals surface area contributed by atoms with E-state index < -0.39 is 28.2 Å². The summed E-state index contributed by atoms with van der Waals surface area (Å²) in [6.07, 6.45) is 5.92. The molecule has 6 atom stereocenters. The first-order valence-electron chi connectivity index (χ1n) is 13.6. The Morgan fingerprint density at radius 2 is 1.92 bits per heavy atom. The van der Waals surface area contributed by atoms with Gasteiger partial charge in [-0.25, -0.2) is 0 Å². The van der Waals surface area contributed by atoms with Gasteiger partial charge in [-0.3, -0.25) is 14.4 Å². The maximum atomic E-state index is 14.6. The molecule has 0 aromatic heterocycles. The number of carbonyl (C=O) groups is 3. The van der Waals surface area contributed by atoms with E-state index in [0.717, 1.165) is 12.8 Å². The molecule has 0 aromatic carbocycles. The normalized spacial score (nSPS) is 30.8. The highest BCUT2D eigenvalue weighted by Crippen LogP contribution is 2.69. The van der Waals surface area contributed by atoms with Gasteiger partial charge in [-0.2, -0.15) is 0 Å². The van der Waals surface area contributed by atoms with Crippen molar-refractivity contribution in [1.82, 2.24) is 9.80 Å². The number of esters is 1. The first-order chi connectivity index (χ1) is 17.3. The van der Waals surface area contributed by atoms with Crippen LogP contribution in [0.15, 0.2) is 25.3 Å². The minimum absolute atomic E-state index is 0.0137. The maximum absolute atomic E-state index is 14.6. The number of ether oxygens (including phenoxy) is 1. The van der Waals surface area contributed by atoms with Crippen LogP contribution in [0.3, 0.4) is 0 Å². The van der Waals surface area contributed by atoms with Gasteiger partial charge in [0.1, 0.15) is 6.04 Å². The van der Waals surface area contributed by atoms with E-state index >= 15 is 0 Å². The fourth-order valence-electron chi connectivity index (χ4n) is 7.19. The molecule has 2 amide bonds. The Hall–Kier alpha value is -1.80. The minimum Gasteiger partial charge on any atom is -0.465 e. The van der Waals surface area contributed by atoms with Crippen molar-refractivity contribution in [3.05, 3.63) is 25.3 Å². The topological polar surface area (TPSA) is 87.1 Å². The summed E-state index contributed by atoms with van der Waals surface area (Å²) in [5, 5.41) is 9.55. The van der Waals surface area contributed by atoms with Gasteiger partial charge in [-0.05, 0) is 50.9 Å². The number of fused-ring (bicyclic) bond motifs is 1. The number of nitrogens with zero attached hydrogens (tertiary/aromatic N) is 2. The average molecular weight is 535 g/mol. The largest absolute Gasteiger partial charge is 0.465 e. The third kappa shape index (κ3) is 5.38. The zero-order chi connectivity index (χ0) is 27.8. The molecule has 208 valence electrons. The third-order valence-electron chi connectivity index (χ3n) is 8.15. The summed E-state index contributed by atoms with van der Waals surface area (Å²) in [5.74, 6) is -1.69. The van der Waals surface area contributed by atoms with Gasteiger partial charge < -0.3 is 19.6 Å². The van der Waals surface area contributed by atoms with Crippen LogP contribution in [0.2, 0.25) is 0 Å². The SMILES string of the molecule is C=CCCOC(=O)[C@@H]1[C@H]2C(=O)N(CCCO)C(C(=O)N(CC=C)C(C)(C)CC(C)(C)C)C23S[C@@H]1CC3C. The summed E-state index contributed by atoms with van der Waals surface area (Å²) in [5.41, 5.74) is -0.488. The molecule has 3 saturated heterocycles. The predicted octanol–water partition coefficient (Wildman–Crippen LogP) is 4.05. The van der Waals surface area contributed by atoms with Gasteiger partial charge in [0.25, 0.3) is 0 Å². The number of hydrogen-bond acceptors (Lipinski definition) is 6. The van der Waals surface area contributed by atoms with Gasteiger partial charge in [-0.15, -0.1) is 24.9 Å². The highest BCUT2D eigenvalue weighted by molar-refractivity contribution is 8.02. The fourth-order valence-corrected chi connectivity index (χ4v) is 9.60. The monoisotopic (exact) mass is 534 g/mol. The molecule has 1 spiro atoms. The highest BCUT2D eigenvalue weighted by Gasteiger charge is 2.76. The molecule has 8 heteroatoms. The molecular weight excluding hydrogens is 488 g/mol. The summed E-state index contributed by atoms with van der Waals surface area (Å²) in [7, 11) is 0. The van der Waals surface area contributed by atoms with Crippen molar-refractivity contribution in [3.8, 4) is 0 Å². The molecule has 2 bridgehead atoms. The number of amides is 2. The first kappa shape index (κ1) is 29.8. The van der Waals surface area contributed by atoms with Crippen molar-refractivity contribution in [2.75, 3.05) is 26.3 Å². The molecule has 0 aromatic rings. The Kier molecular flexibility index (Phi) is 8.95. The summed E-state index contributed by atoms with van der Waals surface area (Å²) < 4.78 is 4.87. The number of hydrogen-bond donors (Lipinski definition) is 1. The number of likely N-dealkylation sites (tertiary alicyclic amines) is 1. The maximum Gasteiger partial charge on any atom is 0.310 e. The summed E-state index contributed by atoms with van der Waals surface area (Å²) in [4.78, 5) is 45.5. The molecule has 3 aliphatic rings. The van der Waals surface area contributed by atoms with Crippen molar-refractivity contribution in [1.29, 1.82) is 0 Å². The van der Waals surface area contributed by atoms with Gasteiger partial charge in [0, 0.05) is 30.5 Å². The molecule has 3 unspecified atom stereocenters. The second-order valence-electron chi connectivity index (χ2n) is 12.7. The molecule has 3 heterocycles. The number of carbonyl (C=O) groups excluding carboxylic acids is 3. The summed E-state index contributed by atoms with van der Waals surface area (Å²) in [6.45, 7) is 21.2. The lowest BCUT2D eigenvalue weighted by Gasteiger charge is -2.46. The summed E-state index contributed by atoms with van der Waals surface area (Å²) >= 11 is 1.65. The molecule has 7 nitrogen and oxygen atoms in total. The second kappa shape index (κ2) is 11.1. The first-order valence-corrected chi connectivity index (χ1v) is 14.4. The standard InChI is InChI=1S/C29H46N2O5S/c1-9-11-16-36-26(35)21-20-17-19(3)29(37-20)22(21)24(33)30(14-12-15-32)23(29)25(34)31(13-10-2)28(7,8)18-27(4,5)6/h9-10,19-23,32H,1-2,11-18H2,3-8H3/t19?,20-,21+,22+,23?,29?/m1/s1. The van der Waals surface area contributed by atoms with Crippen LogP contribution < -0.4 is 0 Å². The van der Waals surface area contributed by atoms with E-state index in [4.69, 9.17) is 4.74 Å². The molecule has 0 radical (unpaired) electrons. The van der Waals surface area contributed by atoms with Crippen LogP contribution in [0.1, 0.15) is 67.2 Å². The van der Waals surface area contributed by atoms with Gasteiger partial charge >= 0.3 is 5.97 Å². The second-order valence-corrected chi connectivity index (χ2v) is 14.2. The van der Waals surface area contributed by atoms with Crippen LogP contribution in [0, 0.1) is 23.2 Å². The number of thioether (sulfide) groups is 1. The van der Waals surface area contributed by atoms with Crippen molar-refractivity contribution in [3.63, 3.8) is 0 Å². The van der Waals surface area contributed by atoms with E-state index in [0.29, 0.717) is 19.4 Å². The Morgan fingerprint density at radius 1 is 1.24 bits per heavy atom. The highest BCUT2D eigenvalue weighted by atomic mass is 32.2. The van der Waals surface area contributed by atoms with Crippen LogP contribution in [-0.2, 0) is 19.1 Å². The zero-order valence-electron chi connectivity index (χ0n) is 23.5. The molecule has 0 aliphatic carbocycles. The molecule has 3 rings (SSSR count).